The van der Waals surface area contributed by atoms with Crippen LogP contribution < -0.4 is 10.1 Å². The monoisotopic (exact) mass is 583 g/mol. The Labute approximate surface area is 239 Å². The predicted octanol–water partition coefficient (Wildman–Crippen LogP) is 7.41. The number of anilines is 1. The van der Waals surface area contributed by atoms with Gasteiger partial charge in [-0.3, -0.25) is 23.2 Å². The van der Waals surface area contributed by atoms with Gasteiger partial charge in [-0.25, -0.2) is 8.96 Å². The van der Waals surface area contributed by atoms with Gasteiger partial charge in [-0.05, 0) is 74.2 Å². The molecule has 0 bridgehead atoms. The summed E-state index contributed by atoms with van der Waals surface area (Å²) in [6, 6.07) is 22.1. The average Bonchev–Trinajstić information content (AvgIpc) is 2.98. The zero-order chi connectivity index (χ0) is 29.3. The van der Waals surface area contributed by atoms with Crippen LogP contribution in [0.2, 0.25) is 0 Å². The molecule has 1 amide bonds. The number of benzene rings is 3. The second kappa shape index (κ2) is 14.0. The van der Waals surface area contributed by atoms with Crippen molar-refractivity contribution < 1.29 is 36.9 Å². The van der Waals surface area contributed by atoms with Gasteiger partial charge in [-0.15, -0.1) is 0 Å². The molecule has 0 aliphatic heterocycles. The molecule has 1 saturated carbocycles. The smallest absolute Gasteiger partial charge is 0.475 e. The topological polar surface area (TPSA) is 100 Å². The molecule has 0 aromatic heterocycles. The minimum absolute atomic E-state index is 0.0245. The number of ether oxygens (including phenoxy) is 1. The number of hydrogen-bond acceptors (Lipinski definition) is 7. The van der Waals surface area contributed by atoms with Crippen molar-refractivity contribution in [3.63, 3.8) is 0 Å². The van der Waals surface area contributed by atoms with E-state index in [2.05, 4.69) is 5.32 Å². The molecule has 8 nitrogen and oxygen atoms in total. The molecule has 3 aromatic rings. The van der Waals surface area contributed by atoms with Gasteiger partial charge in [0, 0.05) is 18.5 Å². The van der Waals surface area contributed by atoms with E-state index < -0.39 is 31.1 Å². The predicted molar refractivity (Wildman–Crippen MR) is 153 cm³/mol. The van der Waals surface area contributed by atoms with Crippen LogP contribution >= 0.6 is 7.82 Å². The van der Waals surface area contributed by atoms with E-state index in [-0.39, 0.29) is 44.7 Å². The molecule has 1 aliphatic rings. The molecule has 4 rings (SSSR count). The van der Waals surface area contributed by atoms with Crippen LogP contribution in [0.1, 0.15) is 56.8 Å². The highest BCUT2D eigenvalue weighted by Gasteiger charge is 2.52. The summed E-state index contributed by atoms with van der Waals surface area (Å²) >= 11 is 0. The average molecular weight is 584 g/mol. The molecule has 1 N–H and O–H groups in total. The maximum Gasteiger partial charge on any atom is 0.475 e. The first-order chi connectivity index (χ1) is 19.8. The normalized spacial score (nSPS) is 15.7. The fourth-order valence-electron chi connectivity index (χ4n) is 4.88. The minimum atomic E-state index is -4.10. The van der Waals surface area contributed by atoms with Gasteiger partial charge < -0.3 is 10.1 Å². The van der Waals surface area contributed by atoms with E-state index in [4.69, 9.17) is 18.3 Å². The Morgan fingerprint density at radius 1 is 0.927 bits per heavy atom. The Balaban J connectivity index is 1.70. The van der Waals surface area contributed by atoms with Crippen LogP contribution in [0.25, 0.3) is 0 Å². The van der Waals surface area contributed by atoms with Crippen LogP contribution in [-0.4, -0.2) is 24.9 Å². The van der Waals surface area contributed by atoms with E-state index in [1.54, 1.807) is 38.1 Å². The molecule has 41 heavy (non-hydrogen) atoms. The molecular weight excluding hydrogens is 548 g/mol. The molecule has 0 unspecified atom stereocenters. The number of carbonyl (C=O) groups is 2. The fraction of sp³-hybridized carbons (Fsp3) is 0.355. The number of nitrogens with one attached hydrogen (secondary N) is 1. The number of phosphoric acid groups is 1. The highest BCUT2D eigenvalue weighted by Crippen LogP contribution is 2.59. The van der Waals surface area contributed by atoms with Gasteiger partial charge >= 0.3 is 7.82 Å². The Bertz CT molecular complexity index is 1330. The molecule has 0 saturated heterocycles. The molecule has 1 atom stereocenters. The molecule has 0 heterocycles. The number of rotatable bonds is 13. The van der Waals surface area contributed by atoms with Crippen LogP contribution in [0.15, 0.2) is 78.9 Å². The van der Waals surface area contributed by atoms with Crippen LogP contribution in [0.5, 0.6) is 5.75 Å². The molecule has 0 radical (unpaired) electrons. The van der Waals surface area contributed by atoms with Crippen molar-refractivity contribution in [3.05, 3.63) is 95.8 Å². The first-order valence-corrected chi connectivity index (χ1v) is 15.2. The van der Waals surface area contributed by atoms with E-state index in [0.29, 0.717) is 23.6 Å². The van der Waals surface area contributed by atoms with Gasteiger partial charge in [0.25, 0.3) is 0 Å². The zero-order valence-corrected chi connectivity index (χ0v) is 24.1. The summed E-state index contributed by atoms with van der Waals surface area (Å²) in [4.78, 5) is 26.3. The quantitative estimate of drug-likeness (QED) is 0.209. The lowest BCUT2D eigenvalue weighted by atomic mass is 9.67. The van der Waals surface area contributed by atoms with E-state index in [1.165, 1.54) is 24.3 Å². The van der Waals surface area contributed by atoms with E-state index >= 15 is 0 Å². The Kier molecular flexibility index (Phi) is 10.5. The fourth-order valence-corrected chi connectivity index (χ4v) is 6.29. The molecule has 0 spiro atoms. The third-order valence-corrected chi connectivity index (χ3v) is 8.61. The maximum atomic E-state index is 14.0. The minimum Gasteiger partial charge on any atom is -0.489 e. The van der Waals surface area contributed by atoms with Crippen molar-refractivity contribution in [1.29, 1.82) is 0 Å². The highest BCUT2D eigenvalue weighted by atomic mass is 31.2. The maximum absolute atomic E-state index is 14.0. The van der Waals surface area contributed by atoms with Crippen molar-refractivity contribution in [3.8, 4) is 5.75 Å². The van der Waals surface area contributed by atoms with Crippen LogP contribution in [0.3, 0.4) is 0 Å². The number of hydrogen-bond donors (Lipinski definition) is 1. The van der Waals surface area contributed by atoms with Crippen molar-refractivity contribution in [2.24, 2.45) is 5.41 Å². The lowest BCUT2D eigenvalue weighted by Gasteiger charge is -2.42. The van der Waals surface area contributed by atoms with Gasteiger partial charge in [0.05, 0.1) is 18.6 Å². The summed E-state index contributed by atoms with van der Waals surface area (Å²) < 4.78 is 50.2. The summed E-state index contributed by atoms with van der Waals surface area (Å²) in [5.41, 5.74) is 0.628. The van der Waals surface area contributed by atoms with E-state index in [9.17, 15) is 18.5 Å². The van der Waals surface area contributed by atoms with Crippen LogP contribution in [0, 0.1) is 11.2 Å². The molecule has 3 aromatic carbocycles. The van der Waals surface area contributed by atoms with E-state index in [1.807, 2.05) is 30.3 Å². The lowest BCUT2D eigenvalue weighted by molar-refractivity contribution is -0.139. The number of halogens is 1. The van der Waals surface area contributed by atoms with Gasteiger partial charge in [0.2, 0.25) is 5.91 Å². The summed E-state index contributed by atoms with van der Waals surface area (Å²) in [7, 11) is -4.10. The number of ketones is 1. The number of Topliss-reactive ketones (excluding diaryl/α,β-unsaturated/α-hetero) is 1. The Morgan fingerprint density at radius 2 is 1.54 bits per heavy atom. The third kappa shape index (κ3) is 7.89. The van der Waals surface area contributed by atoms with E-state index in [0.717, 1.165) is 5.56 Å². The molecule has 218 valence electrons. The van der Waals surface area contributed by atoms with Crippen molar-refractivity contribution in [2.75, 3.05) is 18.5 Å². The molecular formula is C31H35FNO7P. The summed E-state index contributed by atoms with van der Waals surface area (Å²) in [6.45, 7) is 3.82. The largest absolute Gasteiger partial charge is 0.489 e. The first-order valence-electron chi connectivity index (χ1n) is 13.7. The first kappa shape index (κ1) is 30.6. The molecule has 1 aliphatic carbocycles. The number of phosphoric ester groups is 1. The standard InChI is InChI=1S/C31H35FNO7P/c1-3-38-41(36,39-4-2)40-29(24-10-16-28(17-11-24)37-22-23-8-6-5-7-9-23)31(20-18-27(34)19-21-31)30(35)33-26-14-12-25(32)13-15-26/h5-17,29H,3-4,18-22H2,1-2H3,(H,33,35)/t29-/m0/s1. The van der Waals surface area contributed by atoms with Gasteiger partial charge in [0.1, 0.15) is 30.1 Å². The van der Waals surface area contributed by atoms with Crippen molar-refractivity contribution in [1.82, 2.24) is 0 Å². The molecule has 1 fully saturated rings. The highest BCUT2D eigenvalue weighted by molar-refractivity contribution is 7.48. The number of amides is 1. The SMILES string of the molecule is CCOP(=O)(OCC)O[C@@H](c1ccc(OCc2ccccc2)cc1)C1(C(=O)Nc2ccc(F)cc2)CCC(=O)CC1. The lowest BCUT2D eigenvalue weighted by Crippen LogP contribution is -2.45. The third-order valence-electron chi connectivity index (χ3n) is 7.00. The van der Waals surface area contributed by atoms with Gasteiger partial charge in [-0.1, -0.05) is 42.5 Å². The van der Waals surface area contributed by atoms with Crippen LogP contribution in [-0.2, 0) is 34.3 Å². The second-order valence-corrected chi connectivity index (χ2v) is 11.4. The summed E-state index contributed by atoms with van der Waals surface area (Å²) in [6.07, 6.45) is -0.518. The van der Waals surface area contributed by atoms with Crippen LogP contribution in [0.4, 0.5) is 10.1 Å². The number of carbonyl (C=O) groups excluding carboxylic acids is 2. The van der Waals surface area contributed by atoms with Crippen molar-refractivity contribution in [2.45, 2.75) is 52.2 Å². The Hall–Kier alpha value is -3.36. The summed E-state index contributed by atoms with van der Waals surface area (Å²) in [5, 5.41) is 2.85. The summed E-state index contributed by atoms with van der Waals surface area (Å²) in [5.74, 6) is -0.258. The Morgan fingerprint density at radius 3 is 2.12 bits per heavy atom. The zero-order valence-electron chi connectivity index (χ0n) is 23.2. The van der Waals surface area contributed by atoms with Crippen molar-refractivity contribution >= 4 is 25.2 Å². The second-order valence-electron chi connectivity index (χ2n) is 9.77. The van der Waals surface area contributed by atoms with Gasteiger partial charge in [-0.2, -0.15) is 0 Å². The van der Waals surface area contributed by atoms with Gasteiger partial charge in [0.15, 0.2) is 0 Å². The molecule has 10 heteroatoms.